The Kier molecular flexibility index (Phi) is 8.31. The lowest BCUT2D eigenvalue weighted by Crippen LogP contribution is -2.41. The van der Waals surface area contributed by atoms with Crippen molar-refractivity contribution in [3.8, 4) is 11.5 Å². The number of hydrogen-bond donors (Lipinski definition) is 1. The third-order valence-corrected chi connectivity index (χ3v) is 7.30. The summed E-state index contributed by atoms with van der Waals surface area (Å²) in [5, 5.41) is 2.90. The van der Waals surface area contributed by atoms with Gasteiger partial charge >= 0.3 is 0 Å². The number of rotatable bonds is 10. The Labute approximate surface area is 201 Å². The van der Waals surface area contributed by atoms with Crippen molar-refractivity contribution in [2.75, 3.05) is 20.8 Å². The van der Waals surface area contributed by atoms with Gasteiger partial charge in [0, 0.05) is 12.1 Å². The lowest BCUT2D eigenvalue weighted by atomic mass is 10.1. The van der Waals surface area contributed by atoms with E-state index in [-0.39, 0.29) is 24.0 Å². The molecule has 1 atom stereocenters. The number of amides is 1. The van der Waals surface area contributed by atoms with Crippen molar-refractivity contribution in [1.29, 1.82) is 0 Å². The average Bonchev–Trinajstić information content (AvgIpc) is 2.84. The third-order valence-electron chi connectivity index (χ3n) is 5.51. The van der Waals surface area contributed by atoms with E-state index in [9.17, 15) is 13.2 Å². The summed E-state index contributed by atoms with van der Waals surface area (Å²) >= 11 is 0. The highest BCUT2D eigenvalue weighted by molar-refractivity contribution is 7.89. The molecule has 0 aliphatic carbocycles. The van der Waals surface area contributed by atoms with Gasteiger partial charge in [-0.2, -0.15) is 4.31 Å². The fourth-order valence-corrected chi connectivity index (χ4v) is 5.19. The molecule has 7 nitrogen and oxygen atoms in total. The van der Waals surface area contributed by atoms with E-state index >= 15 is 0 Å². The van der Waals surface area contributed by atoms with Crippen LogP contribution in [0.1, 0.15) is 29.7 Å². The van der Waals surface area contributed by atoms with Crippen LogP contribution in [0.2, 0.25) is 0 Å². The molecule has 1 unspecified atom stereocenters. The van der Waals surface area contributed by atoms with Crippen molar-refractivity contribution in [3.05, 3.63) is 89.5 Å². The van der Waals surface area contributed by atoms with E-state index in [1.165, 1.54) is 17.5 Å². The second-order valence-electron chi connectivity index (χ2n) is 7.92. The maximum atomic E-state index is 13.6. The van der Waals surface area contributed by atoms with Crippen molar-refractivity contribution < 1.29 is 22.7 Å². The van der Waals surface area contributed by atoms with Gasteiger partial charge in [0.05, 0.1) is 31.7 Å². The van der Waals surface area contributed by atoms with Crippen molar-refractivity contribution in [1.82, 2.24) is 9.62 Å². The van der Waals surface area contributed by atoms with Gasteiger partial charge in [-0.15, -0.1) is 0 Å². The normalized spacial score (nSPS) is 12.3. The Morgan fingerprint density at radius 3 is 2.24 bits per heavy atom. The Morgan fingerprint density at radius 1 is 0.941 bits per heavy atom. The van der Waals surface area contributed by atoms with Gasteiger partial charge in [-0.3, -0.25) is 4.79 Å². The number of ether oxygens (including phenoxy) is 2. The van der Waals surface area contributed by atoms with Crippen molar-refractivity contribution in [2.24, 2.45) is 0 Å². The number of nitrogens with one attached hydrogen (secondary N) is 1. The van der Waals surface area contributed by atoms with Gasteiger partial charge in [0.25, 0.3) is 0 Å². The largest absolute Gasteiger partial charge is 0.496 e. The molecule has 1 N–H and O–H groups in total. The number of para-hydroxylation sites is 1. The lowest BCUT2D eigenvalue weighted by Gasteiger charge is -2.24. The van der Waals surface area contributed by atoms with E-state index in [4.69, 9.17) is 9.47 Å². The van der Waals surface area contributed by atoms with E-state index in [0.717, 1.165) is 11.1 Å². The first-order valence-corrected chi connectivity index (χ1v) is 12.3. The van der Waals surface area contributed by atoms with Crippen LogP contribution in [0.4, 0.5) is 0 Å². The molecule has 0 fully saturated rings. The Balaban J connectivity index is 1.87. The maximum absolute atomic E-state index is 13.6. The van der Waals surface area contributed by atoms with Crippen LogP contribution in [0, 0.1) is 6.92 Å². The first kappa shape index (κ1) is 25.3. The number of nitrogens with zero attached hydrogens (tertiary/aromatic N) is 1. The Morgan fingerprint density at radius 2 is 1.59 bits per heavy atom. The monoisotopic (exact) mass is 482 g/mol. The summed E-state index contributed by atoms with van der Waals surface area (Å²) in [6, 6.07) is 20.9. The smallest absolute Gasteiger partial charge is 0.243 e. The van der Waals surface area contributed by atoms with E-state index in [2.05, 4.69) is 5.32 Å². The van der Waals surface area contributed by atoms with Gasteiger partial charge in [-0.05, 0) is 49.2 Å². The van der Waals surface area contributed by atoms with Gasteiger partial charge in [-0.1, -0.05) is 48.5 Å². The topological polar surface area (TPSA) is 84.9 Å². The molecule has 0 heterocycles. The average molecular weight is 483 g/mol. The highest BCUT2D eigenvalue weighted by Crippen LogP contribution is 2.26. The molecule has 3 rings (SSSR count). The van der Waals surface area contributed by atoms with Crippen LogP contribution in [0.15, 0.2) is 77.7 Å². The standard InChI is InChI=1S/C26H30N2O5S/c1-19-16-22(14-15-24(19)32-3)34(30,31)28(17-21-10-6-5-7-11-21)18-26(29)27-20(2)23-12-8-9-13-25(23)33-4/h5-16,20H,17-18H2,1-4H3,(H,27,29). The van der Waals surface area contributed by atoms with Crippen molar-refractivity contribution >= 4 is 15.9 Å². The fourth-order valence-electron chi connectivity index (χ4n) is 3.72. The van der Waals surface area contributed by atoms with Crippen LogP contribution >= 0.6 is 0 Å². The number of methoxy groups -OCH3 is 2. The Hall–Kier alpha value is -3.36. The number of carbonyl (C=O) groups is 1. The number of carbonyl (C=O) groups excluding carboxylic acids is 1. The maximum Gasteiger partial charge on any atom is 0.243 e. The molecular weight excluding hydrogens is 452 g/mol. The van der Waals surface area contributed by atoms with Crippen LogP contribution in [0.25, 0.3) is 0 Å². The number of sulfonamides is 1. The van der Waals surface area contributed by atoms with Crippen LogP contribution < -0.4 is 14.8 Å². The summed E-state index contributed by atoms with van der Waals surface area (Å²) in [6.07, 6.45) is 0. The molecule has 8 heteroatoms. The minimum atomic E-state index is -3.96. The van der Waals surface area contributed by atoms with Gasteiger partial charge < -0.3 is 14.8 Å². The number of aryl methyl sites for hydroxylation is 1. The zero-order valence-electron chi connectivity index (χ0n) is 19.8. The second-order valence-corrected chi connectivity index (χ2v) is 9.86. The molecule has 0 bridgehead atoms. The van der Waals surface area contributed by atoms with Gasteiger partial charge in [0.15, 0.2) is 0 Å². The summed E-state index contributed by atoms with van der Waals surface area (Å²) in [6.45, 7) is 3.34. The van der Waals surface area contributed by atoms with Crippen LogP contribution in [-0.2, 0) is 21.4 Å². The molecule has 34 heavy (non-hydrogen) atoms. The van der Waals surface area contributed by atoms with Crippen LogP contribution in [0.5, 0.6) is 11.5 Å². The summed E-state index contributed by atoms with van der Waals surface area (Å²) in [4.78, 5) is 13.1. The first-order chi connectivity index (χ1) is 16.3. The highest BCUT2D eigenvalue weighted by atomic mass is 32.2. The Bertz CT molecular complexity index is 1230. The predicted octanol–water partition coefficient (Wildman–Crippen LogP) is 4.08. The lowest BCUT2D eigenvalue weighted by molar-refractivity contribution is -0.122. The van der Waals surface area contributed by atoms with E-state index < -0.39 is 15.9 Å². The quantitative estimate of drug-likeness (QED) is 0.471. The molecule has 0 saturated heterocycles. The molecule has 3 aromatic rings. The molecule has 180 valence electrons. The number of benzene rings is 3. The van der Waals surface area contributed by atoms with Crippen molar-refractivity contribution in [2.45, 2.75) is 31.3 Å². The van der Waals surface area contributed by atoms with Gasteiger partial charge in [0.1, 0.15) is 11.5 Å². The molecule has 1 amide bonds. The molecule has 0 aromatic heterocycles. The molecule has 0 spiro atoms. The zero-order valence-corrected chi connectivity index (χ0v) is 20.6. The molecule has 0 aliphatic rings. The molecule has 0 saturated carbocycles. The minimum Gasteiger partial charge on any atom is -0.496 e. The van der Waals surface area contributed by atoms with Crippen LogP contribution in [-0.4, -0.2) is 39.4 Å². The molecule has 3 aromatic carbocycles. The van der Waals surface area contributed by atoms with Gasteiger partial charge in [0.2, 0.25) is 15.9 Å². The fraction of sp³-hybridized carbons (Fsp3) is 0.269. The zero-order chi connectivity index (χ0) is 24.7. The molecule has 0 aliphatic heterocycles. The van der Waals surface area contributed by atoms with E-state index in [1.807, 2.05) is 61.5 Å². The molecule has 0 radical (unpaired) electrons. The summed E-state index contributed by atoms with van der Waals surface area (Å²) in [5.41, 5.74) is 2.28. The summed E-state index contributed by atoms with van der Waals surface area (Å²) in [7, 11) is -0.862. The SMILES string of the molecule is COc1ccc(S(=O)(=O)N(CC(=O)NC(C)c2ccccc2OC)Cc2ccccc2)cc1C. The van der Waals surface area contributed by atoms with E-state index in [1.54, 1.807) is 26.2 Å². The highest BCUT2D eigenvalue weighted by Gasteiger charge is 2.28. The third kappa shape index (κ3) is 5.95. The van der Waals surface area contributed by atoms with E-state index in [0.29, 0.717) is 17.1 Å². The van der Waals surface area contributed by atoms with Gasteiger partial charge in [-0.25, -0.2) is 8.42 Å². The summed E-state index contributed by atoms with van der Waals surface area (Å²) in [5.74, 6) is 0.831. The number of hydrogen-bond acceptors (Lipinski definition) is 5. The summed E-state index contributed by atoms with van der Waals surface area (Å²) < 4.78 is 39.0. The van der Waals surface area contributed by atoms with Crippen LogP contribution in [0.3, 0.4) is 0 Å². The van der Waals surface area contributed by atoms with Crippen molar-refractivity contribution in [3.63, 3.8) is 0 Å². The second kappa shape index (κ2) is 11.2. The predicted molar refractivity (Wildman–Crippen MR) is 131 cm³/mol. The molecular formula is C26H30N2O5S. The minimum absolute atomic E-state index is 0.0602. The first-order valence-electron chi connectivity index (χ1n) is 10.9.